The van der Waals surface area contributed by atoms with Crippen LogP contribution in [0.4, 0.5) is 31.8 Å². The Morgan fingerprint density at radius 2 is 1.56 bits per heavy atom. The van der Waals surface area contributed by atoms with Crippen LogP contribution in [-0.4, -0.2) is 144 Å². The van der Waals surface area contributed by atoms with Gasteiger partial charge in [0.05, 0.1) is 28.9 Å². The summed E-state index contributed by atoms with van der Waals surface area (Å²) in [6.07, 6.45) is 8.21. The number of likely N-dealkylation sites (tertiary alicyclic amines) is 1. The van der Waals surface area contributed by atoms with Crippen molar-refractivity contribution in [3.05, 3.63) is 71.1 Å². The average Bonchev–Trinajstić information content (AvgIpc) is 3.97. The maximum atomic E-state index is 15.7. The summed E-state index contributed by atoms with van der Waals surface area (Å²) in [6.45, 7) is 11.7. The molecular weight excluding hydrogens is 873 g/mol. The molecule has 5 amide bonds. The van der Waals surface area contributed by atoms with Crippen molar-refractivity contribution in [2.24, 2.45) is 17.3 Å². The maximum Gasteiger partial charge on any atom is 0.262 e. The number of imide groups is 2. The van der Waals surface area contributed by atoms with E-state index in [1.54, 1.807) is 23.4 Å². The van der Waals surface area contributed by atoms with Gasteiger partial charge in [-0.3, -0.25) is 39.1 Å². The first-order chi connectivity index (χ1) is 32.6. The number of piperazine rings is 1. The van der Waals surface area contributed by atoms with Crippen LogP contribution in [0.25, 0.3) is 0 Å². The summed E-state index contributed by atoms with van der Waals surface area (Å²) in [5, 5.41) is 8.94. The number of carbonyl (C=O) groups excluding carboxylic acids is 5. The fraction of sp³-hybridized carbons (Fsp3) is 0.580. The van der Waals surface area contributed by atoms with Crippen molar-refractivity contribution in [3.8, 4) is 0 Å². The molecule has 1 saturated carbocycles. The third-order valence-electron chi connectivity index (χ3n) is 16.1. The van der Waals surface area contributed by atoms with Crippen LogP contribution >= 0.6 is 0 Å². The fourth-order valence-electron chi connectivity index (χ4n) is 11.9. The molecule has 16 nitrogen and oxygen atoms in total. The Kier molecular flexibility index (Phi) is 12.4. The SMILES string of the molecule is CN(CCCNc1cc(N2CCC3(CC2)CN(c2cc(F)c(CN4CCC(C)(C)CC4)cc2F)CC(=O)N3)ncn1)C1C[C@@H]2CN(c3ccc4c(c3)C(=O)N(C3CCC(=O)NC3=O)C4=O)C[C@@H]2C1. The molecule has 1 aromatic heterocycles. The van der Waals surface area contributed by atoms with Crippen LogP contribution in [0.2, 0.25) is 0 Å². The van der Waals surface area contributed by atoms with Gasteiger partial charge in [-0.2, -0.15) is 0 Å². The van der Waals surface area contributed by atoms with E-state index in [2.05, 4.69) is 66.4 Å². The molecule has 0 radical (unpaired) electrons. The van der Waals surface area contributed by atoms with Crippen molar-refractivity contribution in [1.82, 2.24) is 35.3 Å². The number of hydrogen-bond donors (Lipinski definition) is 3. The van der Waals surface area contributed by atoms with Crippen LogP contribution in [0, 0.1) is 28.9 Å². The Balaban J connectivity index is 0.667. The van der Waals surface area contributed by atoms with Gasteiger partial charge in [-0.05, 0) is 120 Å². The number of anilines is 4. The summed E-state index contributed by atoms with van der Waals surface area (Å²) < 4.78 is 31.2. The van der Waals surface area contributed by atoms with Crippen molar-refractivity contribution < 1.29 is 32.8 Å². The first-order valence-electron chi connectivity index (χ1n) is 24.5. The van der Waals surface area contributed by atoms with Gasteiger partial charge >= 0.3 is 0 Å². The molecule has 6 aliphatic heterocycles. The number of fused-ring (bicyclic) bond motifs is 2. The molecule has 10 rings (SSSR count). The molecule has 7 aliphatic rings. The van der Waals surface area contributed by atoms with Gasteiger partial charge in [-0.1, -0.05) is 13.8 Å². The summed E-state index contributed by atoms with van der Waals surface area (Å²) in [5.74, 6) is -0.513. The number of piperidine rings is 3. The van der Waals surface area contributed by atoms with E-state index in [0.717, 1.165) is 93.6 Å². The predicted molar refractivity (Wildman–Crippen MR) is 252 cm³/mol. The topological polar surface area (TPSA) is 167 Å². The van der Waals surface area contributed by atoms with E-state index < -0.39 is 46.8 Å². The van der Waals surface area contributed by atoms with Gasteiger partial charge < -0.3 is 30.2 Å². The van der Waals surface area contributed by atoms with Gasteiger partial charge in [0.15, 0.2) is 0 Å². The Bertz CT molecular complexity index is 2470. The van der Waals surface area contributed by atoms with E-state index >= 15 is 8.78 Å². The third kappa shape index (κ3) is 9.25. The second-order valence-electron chi connectivity index (χ2n) is 21.3. The monoisotopic (exact) mass is 935 g/mol. The first kappa shape index (κ1) is 46.0. The second kappa shape index (κ2) is 18.3. The Morgan fingerprint density at radius 3 is 2.29 bits per heavy atom. The molecule has 68 heavy (non-hydrogen) atoms. The van der Waals surface area contributed by atoms with Crippen LogP contribution in [-0.2, 0) is 20.9 Å². The quantitative estimate of drug-likeness (QED) is 0.173. The molecule has 3 aromatic rings. The van der Waals surface area contributed by atoms with Crippen LogP contribution in [0.3, 0.4) is 0 Å². The highest BCUT2D eigenvalue weighted by Crippen LogP contribution is 2.43. The van der Waals surface area contributed by atoms with Gasteiger partial charge in [0.1, 0.15) is 35.6 Å². The summed E-state index contributed by atoms with van der Waals surface area (Å²) in [7, 11) is 2.20. The summed E-state index contributed by atoms with van der Waals surface area (Å²) in [6, 6.07) is 9.44. The predicted octanol–water partition coefficient (Wildman–Crippen LogP) is 4.40. The number of aromatic nitrogens is 2. The van der Waals surface area contributed by atoms with Crippen molar-refractivity contribution >= 4 is 52.5 Å². The van der Waals surface area contributed by atoms with Gasteiger partial charge in [-0.15, -0.1) is 0 Å². The lowest BCUT2D eigenvalue weighted by molar-refractivity contribution is -0.136. The summed E-state index contributed by atoms with van der Waals surface area (Å²) >= 11 is 0. The number of amides is 5. The Morgan fingerprint density at radius 1 is 0.824 bits per heavy atom. The first-order valence-corrected chi connectivity index (χ1v) is 24.5. The zero-order valence-corrected chi connectivity index (χ0v) is 39.4. The minimum atomic E-state index is -0.980. The van der Waals surface area contributed by atoms with Gasteiger partial charge in [0.2, 0.25) is 17.7 Å². The molecule has 5 saturated heterocycles. The van der Waals surface area contributed by atoms with Gasteiger partial charge in [0.25, 0.3) is 11.8 Å². The number of rotatable bonds is 12. The van der Waals surface area contributed by atoms with Crippen molar-refractivity contribution in [3.63, 3.8) is 0 Å². The molecule has 18 heteroatoms. The average molecular weight is 936 g/mol. The lowest BCUT2D eigenvalue weighted by Crippen LogP contribution is -2.66. The zero-order valence-electron chi connectivity index (χ0n) is 39.4. The molecule has 2 unspecified atom stereocenters. The molecule has 7 heterocycles. The summed E-state index contributed by atoms with van der Waals surface area (Å²) in [4.78, 5) is 84.8. The van der Waals surface area contributed by atoms with Gasteiger partial charge in [-0.25, -0.2) is 18.7 Å². The van der Waals surface area contributed by atoms with E-state index in [4.69, 9.17) is 0 Å². The number of halogens is 2. The van der Waals surface area contributed by atoms with Crippen LogP contribution in [0.1, 0.15) is 97.9 Å². The minimum absolute atomic E-state index is 0.0234. The highest BCUT2D eigenvalue weighted by Gasteiger charge is 2.47. The minimum Gasteiger partial charge on any atom is -0.371 e. The van der Waals surface area contributed by atoms with Gasteiger partial charge in [0, 0.05) is 81.7 Å². The largest absolute Gasteiger partial charge is 0.371 e. The highest BCUT2D eigenvalue weighted by atomic mass is 19.1. The highest BCUT2D eigenvalue weighted by molar-refractivity contribution is 6.23. The number of nitrogens with zero attached hydrogens (tertiary/aromatic N) is 8. The third-order valence-corrected chi connectivity index (χ3v) is 16.1. The standard InChI is InChI=1S/C50H63F2N11O5/c1-49(2)9-15-59(16-10-49)25-33-21-39(52)41(23-38(33)51)62-28-45(65)57-50(29-62)11-17-60(18-12-50)43-24-42(54-30-55-43)53-13-4-14-58(3)35-19-31-26-61(27-32(31)20-35)34-5-6-36-37(22-34)48(68)63(47(36)67)40-7-8-44(64)56-46(40)66/h5-6,21-24,30-32,35,40H,4,7-20,25-29H2,1-3H3,(H,57,65)(H,53,54,55)(H,56,64,66)/t31-,32+,35?,40?. The van der Waals surface area contributed by atoms with Crippen LogP contribution in [0.15, 0.2) is 42.7 Å². The normalized spacial score (nSPS) is 25.9. The summed E-state index contributed by atoms with van der Waals surface area (Å²) in [5.41, 5.74) is 1.70. The molecule has 1 spiro atoms. The smallest absolute Gasteiger partial charge is 0.262 e. The lowest BCUT2D eigenvalue weighted by atomic mass is 9.82. The molecule has 362 valence electrons. The molecular formula is C50H63F2N11O5. The van der Waals surface area contributed by atoms with Crippen molar-refractivity contribution in [2.45, 2.75) is 95.8 Å². The maximum absolute atomic E-state index is 15.7. The van der Waals surface area contributed by atoms with Crippen LogP contribution < -0.4 is 30.7 Å². The molecule has 3 N–H and O–H groups in total. The molecule has 0 bridgehead atoms. The molecule has 6 fully saturated rings. The van der Waals surface area contributed by atoms with Crippen molar-refractivity contribution in [2.75, 3.05) is 92.5 Å². The van der Waals surface area contributed by atoms with E-state index in [-0.39, 0.29) is 36.4 Å². The Labute approximate surface area is 396 Å². The number of nitrogens with one attached hydrogen (secondary N) is 3. The zero-order chi connectivity index (χ0) is 47.5. The molecule has 4 atom stereocenters. The second-order valence-corrected chi connectivity index (χ2v) is 21.3. The molecule has 2 aromatic carbocycles. The van der Waals surface area contributed by atoms with Crippen molar-refractivity contribution in [1.29, 1.82) is 0 Å². The number of benzene rings is 2. The number of carbonyl (C=O) groups is 5. The van der Waals surface area contributed by atoms with E-state index in [1.165, 1.54) is 12.1 Å². The van der Waals surface area contributed by atoms with E-state index in [9.17, 15) is 24.0 Å². The molecule has 1 aliphatic carbocycles. The van der Waals surface area contributed by atoms with E-state index in [1.807, 2.05) is 12.1 Å². The van der Waals surface area contributed by atoms with Crippen LogP contribution in [0.5, 0.6) is 0 Å². The lowest BCUT2D eigenvalue weighted by Gasteiger charge is -2.48. The fourth-order valence-corrected chi connectivity index (χ4v) is 11.9. The van der Waals surface area contributed by atoms with E-state index in [0.29, 0.717) is 73.6 Å². The number of hydrogen-bond acceptors (Lipinski definition) is 13. The Hall–Kier alpha value is -5.75.